The highest BCUT2D eigenvalue weighted by molar-refractivity contribution is 9.10. The number of aromatic nitrogens is 2. The van der Waals surface area contributed by atoms with Crippen LogP contribution >= 0.6 is 15.9 Å². The first-order valence-electron chi connectivity index (χ1n) is 9.20. The highest BCUT2D eigenvalue weighted by Crippen LogP contribution is 2.51. The van der Waals surface area contributed by atoms with Crippen LogP contribution in [0.15, 0.2) is 10.8 Å². The van der Waals surface area contributed by atoms with Crippen LogP contribution in [0.5, 0.6) is 0 Å². The molecule has 1 fully saturated rings. The van der Waals surface area contributed by atoms with E-state index in [0.717, 1.165) is 29.3 Å². The van der Waals surface area contributed by atoms with E-state index in [1.165, 1.54) is 0 Å². The lowest BCUT2D eigenvalue weighted by atomic mass is 9.71. The summed E-state index contributed by atoms with van der Waals surface area (Å²) in [6.07, 6.45) is 2.47. The molecule has 0 aliphatic carbocycles. The lowest BCUT2D eigenvalue weighted by Gasteiger charge is -2.46. The van der Waals surface area contributed by atoms with Gasteiger partial charge in [0.05, 0.1) is 6.20 Å². The minimum Gasteiger partial charge on any atom is -0.465 e. The highest BCUT2D eigenvalue weighted by atomic mass is 79.9. The lowest BCUT2D eigenvalue weighted by Crippen LogP contribution is -2.54. The van der Waals surface area contributed by atoms with Crippen molar-refractivity contribution in [1.29, 1.82) is 0 Å². The van der Waals surface area contributed by atoms with E-state index in [2.05, 4.69) is 61.3 Å². The number of nitrogens with zero attached hydrogens (tertiary/aromatic N) is 3. The number of carbonyl (C=O) groups is 1. The molecule has 2 rings (SSSR count). The van der Waals surface area contributed by atoms with Gasteiger partial charge in [0.2, 0.25) is 0 Å². The van der Waals surface area contributed by atoms with Gasteiger partial charge >= 0.3 is 6.09 Å². The van der Waals surface area contributed by atoms with E-state index in [0.29, 0.717) is 19.9 Å². The lowest BCUT2D eigenvalue weighted by molar-refractivity contribution is 0.00882. The number of ether oxygens (including phenoxy) is 1. The van der Waals surface area contributed by atoms with Crippen molar-refractivity contribution in [2.45, 2.75) is 71.6 Å². The largest absolute Gasteiger partial charge is 0.465 e. The van der Waals surface area contributed by atoms with Crippen LogP contribution in [0.25, 0.3) is 0 Å². The zero-order valence-corrected chi connectivity index (χ0v) is 19.4. The summed E-state index contributed by atoms with van der Waals surface area (Å²) in [4.78, 5) is 18.2. The molecular weight excluding hydrogens is 414 g/mol. The molecule has 26 heavy (non-hydrogen) atoms. The normalized spacial score (nSPS) is 21.4. The molecule has 1 aromatic rings. The van der Waals surface area contributed by atoms with E-state index in [-0.39, 0.29) is 5.41 Å². The van der Waals surface area contributed by atoms with Crippen LogP contribution in [0.3, 0.4) is 0 Å². The van der Waals surface area contributed by atoms with Crippen molar-refractivity contribution in [3.8, 4) is 0 Å². The number of amides is 1. The fourth-order valence-corrected chi connectivity index (χ4v) is 4.90. The van der Waals surface area contributed by atoms with Crippen LogP contribution in [-0.2, 0) is 17.0 Å². The Bertz CT molecular complexity index is 651. The number of hydrogen-bond acceptors (Lipinski definition) is 3. The fourth-order valence-electron chi connectivity index (χ4n) is 3.77. The van der Waals surface area contributed by atoms with Gasteiger partial charge in [-0.15, -0.1) is 0 Å². The highest BCUT2D eigenvalue weighted by Gasteiger charge is 2.55. The quantitative estimate of drug-likeness (QED) is 0.495. The molecular formula is C18H32BrN3O3Si. The summed E-state index contributed by atoms with van der Waals surface area (Å²) in [5.41, 5.74) is -0.949. The van der Waals surface area contributed by atoms with E-state index in [1.807, 2.05) is 4.57 Å². The second-order valence-electron chi connectivity index (χ2n) is 9.33. The Morgan fingerprint density at radius 3 is 2.62 bits per heavy atom. The molecule has 1 amide bonds. The van der Waals surface area contributed by atoms with Gasteiger partial charge in [-0.25, -0.2) is 9.78 Å². The number of imidazole rings is 1. The van der Waals surface area contributed by atoms with E-state index in [4.69, 9.17) is 4.74 Å². The van der Waals surface area contributed by atoms with Gasteiger partial charge < -0.3 is 9.84 Å². The molecule has 1 N–H and O–H groups in total. The molecule has 0 spiro atoms. The molecule has 0 saturated carbocycles. The number of rotatable bonds is 6. The molecule has 1 aliphatic heterocycles. The Morgan fingerprint density at radius 2 is 2.08 bits per heavy atom. The Kier molecular flexibility index (Phi) is 6.30. The van der Waals surface area contributed by atoms with Crippen molar-refractivity contribution in [2.24, 2.45) is 5.41 Å². The second kappa shape index (κ2) is 7.64. The van der Waals surface area contributed by atoms with Gasteiger partial charge in [0.25, 0.3) is 0 Å². The third kappa shape index (κ3) is 4.17. The molecule has 1 saturated heterocycles. The molecule has 0 radical (unpaired) electrons. The predicted molar refractivity (Wildman–Crippen MR) is 109 cm³/mol. The maximum absolute atomic E-state index is 12.0. The van der Waals surface area contributed by atoms with Crippen LogP contribution in [0, 0.1) is 5.41 Å². The topological polar surface area (TPSA) is 67.6 Å². The van der Waals surface area contributed by atoms with E-state index in [9.17, 15) is 9.90 Å². The third-order valence-electron chi connectivity index (χ3n) is 5.25. The van der Waals surface area contributed by atoms with Crippen molar-refractivity contribution >= 4 is 30.1 Å². The smallest absolute Gasteiger partial charge is 0.408 e. The van der Waals surface area contributed by atoms with Crippen LogP contribution in [0.2, 0.25) is 25.7 Å². The maximum atomic E-state index is 12.0. The zero-order chi connectivity index (χ0) is 19.8. The summed E-state index contributed by atoms with van der Waals surface area (Å²) in [5, 5.41) is 9.83. The fraction of sp³-hybridized carbons (Fsp3) is 0.778. The first-order chi connectivity index (χ1) is 11.9. The van der Waals surface area contributed by atoms with Crippen LogP contribution in [0.1, 0.15) is 39.4 Å². The van der Waals surface area contributed by atoms with Crippen LogP contribution in [0.4, 0.5) is 4.79 Å². The summed E-state index contributed by atoms with van der Waals surface area (Å²) in [7, 11) is -1.15. The van der Waals surface area contributed by atoms with Gasteiger partial charge in [-0.1, -0.05) is 40.4 Å². The Hall–Kier alpha value is -0.863. The molecule has 8 heteroatoms. The molecule has 2 heterocycles. The standard InChI is InChI=1S/C18H32BrN3O3Si/c1-17(2,3)18(8-7-9-22(18)16(23)24)15-20-12-14(19)21(15)13-25-10-11-26(4,5)6/h12H,7-11,13H2,1-6H3,(H,23,24)/t18-/m1/s1. The van der Waals surface area contributed by atoms with Gasteiger partial charge in [-0.2, -0.15) is 0 Å². The Morgan fingerprint density at radius 1 is 1.42 bits per heavy atom. The van der Waals surface area contributed by atoms with Crippen molar-refractivity contribution in [3.63, 3.8) is 0 Å². The van der Waals surface area contributed by atoms with Gasteiger partial charge in [-0.3, -0.25) is 9.47 Å². The first-order valence-corrected chi connectivity index (χ1v) is 13.7. The van der Waals surface area contributed by atoms with Crippen molar-refractivity contribution in [2.75, 3.05) is 13.2 Å². The monoisotopic (exact) mass is 445 g/mol. The third-order valence-corrected chi connectivity index (χ3v) is 7.58. The first kappa shape index (κ1) is 21.4. The predicted octanol–water partition coefficient (Wildman–Crippen LogP) is 4.97. The number of likely N-dealkylation sites (tertiary alicyclic amines) is 1. The minimum absolute atomic E-state index is 0.289. The van der Waals surface area contributed by atoms with E-state index < -0.39 is 19.7 Å². The molecule has 1 aromatic heterocycles. The zero-order valence-electron chi connectivity index (χ0n) is 16.8. The molecule has 148 valence electrons. The summed E-state index contributed by atoms with van der Waals surface area (Å²) in [5.74, 6) is 0.768. The van der Waals surface area contributed by atoms with Gasteiger partial charge in [0.15, 0.2) is 0 Å². The second-order valence-corrected chi connectivity index (χ2v) is 15.8. The Labute approximate surface area is 166 Å². The molecule has 6 nitrogen and oxygen atoms in total. The summed E-state index contributed by atoms with van der Waals surface area (Å²) in [6.45, 7) is 14.9. The number of halogens is 1. The summed E-state index contributed by atoms with van der Waals surface area (Å²) >= 11 is 3.57. The molecule has 0 aromatic carbocycles. The molecule has 0 bridgehead atoms. The minimum atomic E-state index is -1.15. The van der Waals surface area contributed by atoms with Crippen molar-refractivity contribution in [1.82, 2.24) is 14.5 Å². The number of hydrogen-bond donors (Lipinski definition) is 1. The van der Waals surface area contributed by atoms with Crippen LogP contribution < -0.4 is 0 Å². The van der Waals surface area contributed by atoms with E-state index in [1.54, 1.807) is 11.1 Å². The average Bonchev–Trinajstić information content (AvgIpc) is 3.06. The van der Waals surface area contributed by atoms with Crippen LogP contribution in [-0.4, -0.2) is 46.9 Å². The van der Waals surface area contributed by atoms with E-state index >= 15 is 0 Å². The summed E-state index contributed by atoms with van der Waals surface area (Å²) in [6, 6.07) is 1.10. The van der Waals surface area contributed by atoms with Crippen molar-refractivity contribution < 1.29 is 14.6 Å². The van der Waals surface area contributed by atoms with Gasteiger partial charge in [0, 0.05) is 21.2 Å². The SMILES string of the molecule is CC(C)(C)[C@]1(c2ncc(Br)n2COCC[Si](C)(C)C)CCCN1C(=O)O. The molecule has 0 unspecified atom stereocenters. The maximum Gasteiger partial charge on any atom is 0.408 e. The van der Waals surface area contributed by atoms with Crippen molar-refractivity contribution in [3.05, 3.63) is 16.6 Å². The van der Waals surface area contributed by atoms with Gasteiger partial charge in [-0.05, 0) is 40.2 Å². The van der Waals surface area contributed by atoms with Gasteiger partial charge in [0.1, 0.15) is 22.7 Å². The summed E-state index contributed by atoms with van der Waals surface area (Å²) < 4.78 is 8.75. The Balaban J connectivity index is 2.35. The molecule has 1 atom stereocenters. The average molecular weight is 446 g/mol. The molecule has 1 aliphatic rings. The number of carboxylic acid groups (broad SMARTS) is 1.